The van der Waals surface area contributed by atoms with E-state index in [1.807, 2.05) is 32.0 Å². The van der Waals surface area contributed by atoms with E-state index in [0.717, 1.165) is 41.0 Å². The van der Waals surface area contributed by atoms with Gasteiger partial charge >= 0.3 is 0 Å². The summed E-state index contributed by atoms with van der Waals surface area (Å²) < 4.78 is 30.1. The van der Waals surface area contributed by atoms with Gasteiger partial charge in [-0.1, -0.05) is 37.6 Å². The second-order valence-electron chi connectivity index (χ2n) is 9.90. The molecule has 5 rings (SSSR count). The molecule has 1 aliphatic rings. The van der Waals surface area contributed by atoms with Crippen LogP contribution < -0.4 is 0 Å². The van der Waals surface area contributed by atoms with Gasteiger partial charge in [0.05, 0.1) is 15.9 Å². The van der Waals surface area contributed by atoms with Crippen molar-refractivity contribution in [1.29, 1.82) is 0 Å². The number of nitrogens with zero attached hydrogens (tertiary/aromatic N) is 2. The molecule has 1 fully saturated rings. The van der Waals surface area contributed by atoms with Crippen molar-refractivity contribution >= 4 is 33.9 Å². The van der Waals surface area contributed by atoms with E-state index in [9.17, 15) is 18.4 Å². The Balaban J connectivity index is 1.55. The molecule has 1 aliphatic carbocycles. The van der Waals surface area contributed by atoms with Crippen LogP contribution in [0.2, 0.25) is 0 Å². The smallest absolute Gasteiger partial charge is 0.264 e. The molecule has 4 nitrogen and oxygen atoms in total. The molecule has 0 bridgehead atoms. The van der Waals surface area contributed by atoms with Gasteiger partial charge in [0, 0.05) is 40.5 Å². The summed E-state index contributed by atoms with van der Waals surface area (Å²) in [5.74, 6) is 0.902. The molecule has 7 heteroatoms. The second-order valence-corrected chi connectivity index (χ2v) is 11.2. The zero-order chi connectivity index (χ0) is 26.1. The molecule has 1 saturated carbocycles. The number of benzene rings is 2. The molecule has 2 atom stereocenters. The lowest BCUT2D eigenvalue weighted by atomic mass is 9.82. The van der Waals surface area contributed by atoms with Gasteiger partial charge in [-0.3, -0.25) is 9.59 Å². The Morgan fingerprint density at radius 1 is 1.08 bits per heavy atom. The van der Waals surface area contributed by atoms with E-state index in [2.05, 4.69) is 4.57 Å². The van der Waals surface area contributed by atoms with Gasteiger partial charge < -0.3 is 4.57 Å². The van der Waals surface area contributed by atoms with Crippen LogP contribution in [0, 0.1) is 12.8 Å². The fraction of sp³-hybridized carbons (Fsp3) is 0.367. The standard InChI is InChI=1S/C30H30F2N2O2S/c1-3-26(35)20-12-13-25-24(17-20)33-30(23-10-5-4-9-22(23)29(31)32)34(25)21-8-6-7-19(15-21)16-27(36)28-14-11-18(2)37-28/h4-5,9-14,17,19,21,29H,3,6-8,15-16H2,1-2H3/t19-,21+/m1/s1. The van der Waals surface area contributed by atoms with E-state index >= 15 is 0 Å². The zero-order valence-corrected chi connectivity index (χ0v) is 21.9. The van der Waals surface area contributed by atoms with Crippen molar-refractivity contribution in [2.45, 2.75) is 64.8 Å². The first-order valence-corrected chi connectivity index (χ1v) is 13.7. The van der Waals surface area contributed by atoms with Crippen molar-refractivity contribution in [2.24, 2.45) is 5.92 Å². The zero-order valence-electron chi connectivity index (χ0n) is 21.0. The number of hydrogen-bond acceptors (Lipinski definition) is 4. The van der Waals surface area contributed by atoms with Crippen LogP contribution >= 0.6 is 11.3 Å². The molecule has 0 spiro atoms. The van der Waals surface area contributed by atoms with E-state index in [-0.39, 0.29) is 29.1 Å². The number of Topliss-reactive ketones (excluding diaryl/α,β-unsaturated/α-hetero) is 2. The minimum atomic E-state index is -2.63. The summed E-state index contributed by atoms with van der Waals surface area (Å²) in [5.41, 5.74) is 2.39. The first-order chi connectivity index (χ1) is 17.9. The fourth-order valence-corrected chi connectivity index (χ4v) is 6.37. The number of imidazole rings is 1. The largest absolute Gasteiger partial charge is 0.321 e. The third-order valence-electron chi connectivity index (χ3n) is 7.38. The maximum atomic E-state index is 14.0. The Morgan fingerprint density at radius 2 is 1.89 bits per heavy atom. The maximum Gasteiger partial charge on any atom is 0.264 e. The number of fused-ring (bicyclic) bond motifs is 1. The summed E-state index contributed by atoms with van der Waals surface area (Å²) in [6.07, 6.45) is 1.82. The SMILES string of the molecule is CCC(=O)c1ccc2c(c1)nc(-c1ccccc1C(F)F)n2[C@H]1CCC[C@@H](CC(=O)c2ccc(C)s2)C1. The van der Waals surface area contributed by atoms with E-state index in [1.54, 1.807) is 30.3 Å². The molecule has 0 saturated heterocycles. The average Bonchev–Trinajstić information content (AvgIpc) is 3.51. The maximum absolute atomic E-state index is 14.0. The van der Waals surface area contributed by atoms with Crippen LogP contribution in [0.1, 0.15) is 88.4 Å². The Hall–Kier alpha value is -3.19. The molecule has 37 heavy (non-hydrogen) atoms. The van der Waals surface area contributed by atoms with Crippen LogP contribution in [0.4, 0.5) is 8.78 Å². The lowest BCUT2D eigenvalue weighted by molar-refractivity contribution is 0.0944. The summed E-state index contributed by atoms with van der Waals surface area (Å²) in [5, 5.41) is 0. The predicted molar refractivity (Wildman–Crippen MR) is 144 cm³/mol. The first kappa shape index (κ1) is 25.5. The fourth-order valence-electron chi connectivity index (χ4n) is 5.56. The topological polar surface area (TPSA) is 52.0 Å². The van der Waals surface area contributed by atoms with E-state index in [0.29, 0.717) is 35.3 Å². The highest BCUT2D eigenvalue weighted by Crippen LogP contribution is 2.41. The van der Waals surface area contributed by atoms with Crippen LogP contribution in [0.5, 0.6) is 0 Å². The number of aromatic nitrogens is 2. The van der Waals surface area contributed by atoms with E-state index < -0.39 is 6.43 Å². The Bertz CT molecular complexity index is 1460. The van der Waals surface area contributed by atoms with Gasteiger partial charge in [-0.25, -0.2) is 13.8 Å². The highest BCUT2D eigenvalue weighted by atomic mass is 32.1. The molecule has 2 aromatic heterocycles. The molecule has 0 N–H and O–H groups in total. The summed E-state index contributed by atoms with van der Waals surface area (Å²) in [6.45, 7) is 3.82. The summed E-state index contributed by atoms with van der Waals surface area (Å²) >= 11 is 1.53. The number of rotatable bonds is 8. The number of carbonyl (C=O) groups is 2. The van der Waals surface area contributed by atoms with Gasteiger partial charge in [-0.2, -0.15) is 0 Å². The molecular weight excluding hydrogens is 490 g/mol. The van der Waals surface area contributed by atoms with E-state index in [1.165, 1.54) is 17.4 Å². The highest BCUT2D eigenvalue weighted by Gasteiger charge is 2.30. The molecule has 4 aromatic rings. The lowest BCUT2D eigenvalue weighted by Crippen LogP contribution is -2.22. The van der Waals surface area contributed by atoms with E-state index in [4.69, 9.17) is 4.98 Å². The quantitative estimate of drug-likeness (QED) is 0.219. The average molecular weight is 521 g/mol. The predicted octanol–water partition coefficient (Wildman–Crippen LogP) is 8.61. The molecule has 192 valence electrons. The molecule has 0 amide bonds. The summed E-state index contributed by atoms with van der Waals surface area (Å²) in [7, 11) is 0. The normalized spacial score (nSPS) is 18.0. The van der Waals surface area contributed by atoms with Crippen LogP contribution in [0.3, 0.4) is 0 Å². The van der Waals surface area contributed by atoms with Gasteiger partial charge in [0.15, 0.2) is 11.6 Å². The van der Waals surface area contributed by atoms with Crippen LogP contribution in [-0.2, 0) is 0 Å². The molecule has 0 radical (unpaired) electrons. The summed E-state index contributed by atoms with van der Waals surface area (Å²) in [6, 6.07) is 15.9. The minimum absolute atomic E-state index is 0.0195. The van der Waals surface area contributed by atoms with Gasteiger partial charge in [-0.05, 0) is 62.4 Å². The number of halogens is 2. The number of carbonyl (C=O) groups excluding carboxylic acids is 2. The van der Waals surface area contributed by atoms with Gasteiger partial charge in [0.25, 0.3) is 6.43 Å². The van der Waals surface area contributed by atoms with Crippen molar-refractivity contribution < 1.29 is 18.4 Å². The van der Waals surface area contributed by atoms with Gasteiger partial charge in [-0.15, -0.1) is 11.3 Å². The van der Waals surface area contributed by atoms with Crippen molar-refractivity contribution in [2.75, 3.05) is 0 Å². The molecular formula is C30H30F2N2O2S. The van der Waals surface area contributed by atoms with Crippen molar-refractivity contribution in [3.8, 4) is 11.4 Å². The van der Waals surface area contributed by atoms with Crippen LogP contribution in [0.25, 0.3) is 22.4 Å². The minimum Gasteiger partial charge on any atom is -0.321 e. The third-order valence-corrected chi connectivity index (χ3v) is 8.42. The number of alkyl halides is 2. The second kappa shape index (κ2) is 10.7. The van der Waals surface area contributed by atoms with Crippen LogP contribution in [0.15, 0.2) is 54.6 Å². The highest BCUT2D eigenvalue weighted by molar-refractivity contribution is 7.14. The number of hydrogen-bond donors (Lipinski definition) is 0. The van der Waals surface area contributed by atoms with Gasteiger partial charge in [0.2, 0.25) is 0 Å². The molecule has 0 aliphatic heterocycles. The third kappa shape index (κ3) is 5.14. The van der Waals surface area contributed by atoms with Crippen LogP contribution in [-0.4, -0.2) is 21.1 Å². The Labute approximate surface area is 219 Å². The monoisotopic (exact) mass is 520 g/mol. The first-order valence-electron chi connectivity index (χ1n) is 12.9. The molecule has 0 unspecified atom stereocenters. The summed E-state index contributed by atoms with van der Waals surface area (Å²) in [4.78, 5) is 32.1. The number of aryl methyl sites for hydroxylation is 1. The Kier molecular flexibility index (Phi) is 7.33. The molecule has 2 heterocycles. The van der Waals surface area contributed by atoms with Crippen molar-refractivity contribution in [3.63, 3.8) is 0 Å². The van der Waals surface area contributed by atoms with Gasteiger partial charge in [0.1, 0.15) is 5.82 Å². The van der Waals surface area contributed by atoms with Crippen molar-refractivity contribution in [3.05, 3.63) is 75.5 Å². The lowest BCUT2D eigenvalue weighted by Gasteiger charge is -2.31. The molecule has 2 aromatic carbocycles. The number of thiophene rings is 1. The number of ketones is 2. The Morgan fingerprint density at radius 3 is 2.62 bits per heavy atom. The van der Waals surface area contributed by atoms with Crippen molar-refractivity contribution in [1.82, 2.24) is 9.55 Å².